The number of halogens is 2. The third kappa shape index (κ3) is 3.24. The predicted octanol–water partition coefficient (Wildman–Crippen LogP) is 4.60. The van der Waals surface area contributed by atoms with Crippen LogP contribution in [-0.2, 0) is 0 Å². The quantitative estimate of drug-likeness (QED) is 0.870. The van der Waals surface area contributed by atoms with Gasteiger partial charge in [-0.1, -0.05) is 34.8 Å². The Morgan fingerprint density at radius 1 is 1.05 bits per heavy atom. The van der Waals surface area contributed by atoms with Gasteiger partial charge in [-0.05, 0) is 37.3 Å². The molecule has 0 saturated heterocycles. The largest absolute Gasteiger partial charge is 0.387 e. The van der Waals surface area contributed by atoms with Gasteiger partial charge in [-0.25, -0.2) is 0 Å². The van der Waals surface area contributed by atoms with Crippen molar-refractivity contribution in [1.82, 2.24) is 0 Å². The Balaban J connectivity index is 2.32. The minimum Gasteiger partial charge on any atom is -0.387 e. The van der Waals surface area contributed by atoms with Crippen LogP contribution >= 0.6 is 23.2 Å². The predicted molar refractivity (Wildman–Crippen MR) is 85.1 cm³/mol. The van der Waals surface area contributed by atoms with Crippen LogP contribution in [0, 0.1) is 6.92 Å². The van der Waals surface area contributed by atoms with Crippen molar-refractivity contribution in [3.8, 4) is 0 Å². The first-order valence-electron chi connectivity index (χ1n) is 6.06. The van der Waals surface area contributed by atoms with Gasteiger partial charge in [0.2, 0.25) is 0 Å². The number of hydrogen-bond donors (Lipinski definition) is 2. The summed E-state index contributed by atoms with van der Waals surface area (Å²) in [6, 6.07) is 10.6. The molecule has 5 heteroatoms. The Kier molecular flexibility index (Phi) is 4.53. The molecule has 0 fully saturated rings. The number of carbonyl (C=O) groups is 1. The summed E-state index contributed by atoms with van der Waals surface area (Å²) in [7, 11) is 1.77. The van der Waals surface area contributed by atoms with Crippen LogP contribution in [0.5, 0.6) is 0 Å². The number of rotatable bonds is 3. The van der Waals surface area contributed by atoms with E-state index in [1.165, 1.54) is 0 Å². The number of anilines is 2. The molecule has 0 unspecified atom stereocenters. The molecule has 3 nitrogen and oxygen atoms in total. The van der Waals surface area contributed by atoms with E-state index in [1.54, 1.807) is 25.2 Å². The van der Waals surface area contributed by atoms with Gasteiger partial charge in [-0.15, -0.1) is 0 Å². The van der Waals surface area contributed by atoms with Crippen molar-refractivity contribution in [2.75, 3.05) is 17.7 Å². The normalized spacial score (nSPS) is 10.2. The molecule has 0 aliphatic heterocycles. The fraction of sp³-hybridized carbons (Fsp3) is 0.133. The smallest absolute Gasteiger partial charge is 0.257 e. The summed E-state index contributed by atoms with van der Waals surface area (Å²) in [5.74, 6) is -0.234. The Hall–Kier alpha value is -1.71. The van der Waals surface area contributed by atoms with Gasteiger partial charge in [0.1, 0.15) is 0 Å². The molecule has 104 valence electrons. The second kappa shape index (κ2) is 6.16. The highest BCUT2D eigenvalue weighted by atomic mass is 35.5. The monoisotopic (exact) mass is 308 g/mol. The lowest BCUT2D eigenvalue weighted by Crippen LogP contribution is -2.14. The minimum absolute atomic E-state index is 0.234. The van der Waals surface area contributed by atoms with E-state index in [0.717, 1.165) is 11.3 Å². The third-order valence-electron chi connectivity index (χ3n) is 2.87. The lowest BCUT2D eigenvalue weighted by Gasteiger charge is -2.12. The summed E-state index contributed by atoms with van der Waals surface area (Å²) in [4.78, 5) is 12.4. The number of aryl methyl sites for hydroxylation is 1. The van der Waals surface area contributed by atoms with Gasteiger partial charge in [-0.2, -0.15) is 0 Å². The van der Waals surface area contributed by atoms with Crippen molar-refractivity contribution in [2.45, 2.75) is 6.92 Å². The first-order valence-corrected chi connectivity index (χ1v) is 6.81. The Labute approximate surface area is 127 Å². The molecule has 0 aliphatic carbocycles. The lowest BCUT2D eigenvalue weighted by atomic mass is 10.1. The molecular formula is C15H14Cl2N2O. The molecule has 20 heavy (non-hydrogen) atoms. The molecule has 0 saturated carbocycles. The van der Waals surface area contributed by atoms with Crippen LogP contribution in [0.15, 0.2) is 36.4 Å². The highest BCUT2D eigenvalue weighted by Crippen LogP contribution is 2.27. The second-order valence-corrected chi connectivity index (χ2v) is 5.22. The average molecular weight is 309 g/mol. The zero-order valence-electron chi connectivity index (χ0n) is 11.1. The van der Waals surface area contributed by atoms with Crippen LogP contribution in [-0.4, -0.2) is 13.0 Å². The van der Waals surface area contributed by atoms with Gasteiger partial charge >= 0.3 is 0 Å². The maximum Gasteiger partial charge on any atom is 0.257 e. The summed E-state index contributed by atoms with van der Waals surface area (Å²) in [6.07, 6.45) is 0. The van der Waals surface area contributed by atoms with Crippen LogP contribution in [0.2, 0.25) is 10.0 Å². The molecule has 2 rings (SSSR count). The molecule has 0 radical (unpaired) electrons. The van der Waals surface area contributed by atoms with E-state index in [4.69, 9.17) is 23.2 Å². The van der Waals surface area contributed by atoms with Gasteiger partial charge in [0.25, 0.3) is 5.91 Å². The maximum atomic E-state index is 12.4. The molecule has 0 aromatic heterocycles. The fourth-order valence-electron chi connectivity index (χ4n) is 1.85. The number of hydrogen-bond acceptors (Lipinski definition) is 2. The number of nitrogens with one attached hydrogen (secondary N) is 2. The Bertz CT molecular complexity index is 656. The van der Waals surface area contributed by atoms with Crippen LogP contribution in [0.1, 0.15) is 15.9 Å². The molecule has 1 amide bonds. The van der Waals surface area contributed by atoms with E-state index < -0.39 is 0 Å². The minimum atomic E-state index is -0.234. The van der Waals surface area contributed by atoms with Gasteiger partial charge in [-0.3, -0.25) is 4.79 Å². The zero-order valence-corrected chi connectivity index (χ0v) is 12.6. The van der Waals surface area contributed by atoms with Gasteiger partial charge in [0, 0.05) is 17.8 Å². The molecule has 0 atom stereocenters. The molecular weight excluding hydrogens is 295 g/mol. The molecule has 0 bridgehead atoms. The van der Waals surface area contributed by atoms with Crippen molar-refractivity contribution >= 4 is 40.5 Å². The molecule has 0 heterocycles. The van der Waals surface area contributed by atoms with Gasteiger partial charge in [0.05, 0.1) is 16.3 Å². The second-order valence-electron chi connectivity index (χ2n) is 4.38. The summed E-state index contributed by atoms with van der Waals surface area (Å²) in [5.41, 5.74) is 2.81. The maximum absolute atomic E-state index is 12.4. The number of carbonyl (C=O) groups excluding carboxylic acids is 1. The Morgan fingerprint density at radius 2 is 1.80 bits per heavy atom. The van der Waals surface area contributed by atoms with Crippen molar-refractivity contribution in [3.05, 3.63) is 57.6 Å². The number of amides is 1. The van der Waals surface area contributed by atoms with Gasteiger partial charge in [0.15, 0.2) is 0 Å². The first-order chi connectivity index (χ1) is 9.51. The van der Waals surface area contributed by atoms with Crippen LogP contribution in [0.25, 0.3) is 0 Å². The first kappa shape index (κ1) is 14.7. The highest BCUT2D eigenvalue weighted by molar-refractivity contribution is 6.36. The van der Waals surface area contributed by atoms with Crippen LogP contribution in [0.4, 0.5) is 11.4 Å². The molecule has 0 spiro atoms. The molecule has 2 aromatic carbocycles. The molecule has 2 aromatic rings. The van der Waals surface area contributed by atoms with Crippen molar-refractivity contribution in [1.29, 1.82) is 0 Å². The average Bonchev–Trinajstić information content (AvgIpc) is 2.42. The van der Waals surface area contributed by atoms with E-state index in [1.807, 2.05) is 25.1 Å². The summed E-state index contributed by atoms with van der Waals surface area (Å²) in [5, 5.41) is 6.73. The summed E-state index contributed by atoms with van der Waals surface area (Å²) >= 11 is 12.0. The van der Waals surface area contributed by atoms with Crippen molar-refractivity contribution in [2.24, 2.45) is 0 Å². The Morgan fingerprint density at radius 3 is 2.50 bits per heavy atom. The van der Waals surface area contributed by atoms with E-state index >= 15 is 0 Å². The number of benzene rings is 2. The summed E-state index contributed by atoms with van der Waals surface area (Å²) < 4.78 is 0. The van der Waals surface area contributed by atoms with Crippen LogP contribution < -0.4 is 10.6 Å². The van der Waals surface area contributed by atoms with Crippen LogP contribution in [0.3, 0.4) is 0 Å². The summed E-state index contributed by atoms with van der Waals surface area (Å²) in [6.45, 7) is 1.93. The fourth-order valence-corrected chi connectivity index (χ4v) is 2.18. The highest BCUT2D eigenvalue weighted by Gasteiger charge is 2.13. The van der Waals surface area contributed by atoms with Crippen molar-refractivity contribution in [3.63, 3.8) is 0 Å². The molecule has 0 aliphatic rings. The van der Waals surface area contributed by atoms with E-state index in [0.29, 0.717) is 21.3 Å². The lowest BCUT2D eigenvalue weighted by molar-refractivity contribution is 0.102. The van der Waals surface area contributed by atoms with E-state index in [9.17, 15) is 4.79 Å². The van der Waals surface area contributed by atoms with E-state index in [2.05, 4.69) is 10.6 Å². The van der Waals surface area contributed by atoms with Crippen molar-refractivity contribution < 1.29 is 4.79 Å². The SMILES string of the molecule is CNc1ccc(C)cc1C(=O)Nc1cc(Cl)ccc1Cl. The molecule has 2 N–H and O–H groups in total. The standard InChI is InChI=1S/C15H14Cl2N2O/c1-9-3-6-13(18-2)11(7-9)15(20)19-14-8-10(16)4-5-12(14)17/h3-8,18H,1-2H3,(H,19,20). The zero-order chi connectivity index (χ0) is 14.7. The third-order valence-corrected chi connectivity index (χ3v) is 3.43. The van der Waals surface area contributed by atoms with E-state index in [-0.39, 0.29) is 5.91 Å². The van der Waals surface area contributed by atoms with Gasteiger partial charge < -0.3 is 10.6 Å². The topological polar surface area (TPSA) is 41.1 Å².